The van der Waals surface area contributed by atoms with E-state index in [4.69, 9.17) is 0 Å². The molecule has 0 saturated carbocycles. The van der Waals surface area contributed by atoms with Crippen LogP contribution in [0.4, 0.5) is 5.69 Å². The second kappa shape index (κ2) is 5.34. The maximum atomic E-state index is 12.6. The zero-order valence-corrected chi connectivity index (χ0v) is 11.8. The van der Waals surface area contributed by atoms with Gasteiger partial charge in [0.05, 0.1) is 11.0 Å². The number of imidazole rings is 1. The Morgan fingerprint density at radius 1 is 1.09 bits per heavy atom. The molecular weight excluding hydrogens is 294 g/mol. The molecule has 0 aromatic carbocycles. The molecular formula is C15H11N7O. The summed E-state index contributed by atoms with van der Waals surface area (Å²) in [5.74, 6) is 0.0573. The minimum Gasteiger partial charge on any atom is -0.358 e. The van der Waals surface area contributed by atoms with Crippen molar-refractivity contribution >= 4 is 22.6 Å². The number of aromatic amines is 1. The molecule has 0 atom stereocenters. The Morgan fingerprint density at radius 2 is 1.96 bits per heavy atom. The van der Waals surface area contributed by atoms with Gasteiger partial charge >= 0.3 is 0 Å². The monoisotopic (exact) mass is 305 g/mol. The van der Waals surface area contributed by atoms with E-state index in [0.29, 0.717) is 22.7 Å². The second-order valence-corrected chi connectivity index (χ2v) is 4.77. The lowest BCUT2D eigenvalue weighted by Gasteiger charge is -2.07. The van der Waals surface area contributed by atoms with Gasteiger partial charge in [-0.25, -0.2) is 15.0 Å². The number of hydrogen-bond acceptors (Lipinski definition) is 5. The van der Waals surface area contributed by atoms with E-state index in [0.717, 1.165) is 0 Å². The molecule has 0 saturated heterocycles. The molecule has 0 unspecified atom stereocenters. The van der Waals surface area contributed by atoms with Crippen LogP contribution in [0.15, 0.2) is 55.5 Å². The van der Waals surface area contributed by atoms with Crippen molar-refractivity contribution in [2.24, 2.45) is 0 Å². The molecule has 0 bridgehead atoms. The zero-order valence-electron chi connectivity index (χ0n) is 11.8. The first-order chi connectivity index (χ1) is 11.3. The molecule has 0 fully saturated rings. The van der Waals surface area contributed by atoms with Crippen LogP contribution in [-0.4, -0.2) is 35.4 Å². The van der Waals surface area contributed by atoms with E-state index in [1.165, 1.54) is 0 Å². The van der Waals surface area contributed by atoms with Crippen molar-refractivity contribution in [3.8, 4) is 5.95 Å². The number of nitrogens with one attached hydrogen (secondary N) is 2. The fourth-order valence-corrected chi connectivity index (χ4v) is 2.22. The number of aromatic nitrogens is 6. The predicted molar refractivity (Wildman–Crippen MR) is 83.2 cm³/mol. The van der Waals surface area contributed by atoms with Gasteiger partial charge < -0.3 is 10.3 Å². The Morgan fingerprint density at radius 3 is 2.74 bits per heavy atom. The summed E-state index contributed by atoms with van der Waals surface area (Å²) in [5, 5.41) is 2.80. The van der Waals surface area contributed by atoms with Gasteiger partial charge in [0.1, 0.15) is 6.33 Å². The molecule has 23 heavy (non-hydrogen) atoms. The second-order valence-electron chi connectivity index (χ2n) is 4.77. The molecule has 0 aliphatic carbocycles. The van der Waals surface area contributed by atoms with Crippen LogP contribution in [0.25, 0.3) is 17.0 Å². The highest BCUT2D eigenvalue weighted by Gasteiger charge is 2.17. The molecule has 4 rings (SSSR count). The third kappa shape index (κ3) is 2.42. The normalized spacial score (nSPS) is 10.8. The van der Waals surface area contributed by atoms with Crippen LogP contribution >= 0.6 is 0 Å². The van der Waals surface area contributed by atoms with Crippen molar-refractivity contribution in [1.29, 1.82) is 0 Å². The Kier molecular flexibility index (Phi) is 3.05. The fourth-order valence-electron chi connectivity index (χ4n) is 2.22. The molecule has 4 aromatic rings. The summed E-state index contributed by atoms with van der Waals surface area (Å²) in [6.07, 6.45) is 9.87. The Hall–Kier alpha value is -3.55. The summed E-state index contributed by atoms with van der Waals surface area (Å²) in [6.45, 7) is 0. The molecule has 0 radical (unpaired) electrons. The van der Waals surface area contributed by atoms with Crippen LogP contribution < -0.4 is 5.32 Å². The van der Waals surface area contributed by atoms with Crippen LogP contribution in [0.1, 0.15) is 10.5 Å². The Bertz CT molecular complexity index is 960. The minimum absolute atomic E-state index is 0.264. The highest BCUT2D eigenvalue weighted by atomic mass is 16.1. The Labute approximate surface area is 130 Å². The van der Waals surface area contributed by atoms with Crippen molar-refractivity contribution in [3.63, 3.8) is 0 Å². The molecule has 0 aliphatic rings. The number of rotatable bonds is 3. The van der Waals surface area contributed by atoms with E-state index < -0.39 is 0 Å². The lowest BCUT2D eigenvalue weighted by Crippen LogP contribution is -2.16. The third-order valence-corrected chi connectivity index (χ3v) is 3.28. The van der Waals surface area contributed by atoms with Crippen molar-refractivity contribution < 1.29 is 4.79 Å². The molecule has 0 aliphatic heterocycles. The van der Waals surface area contributed by atoms with Crippen LogP contribution in [0.3, 0.4) is 0 Å². The largest absolute Gasteiger partial charge is 0.358 e. The van der Waals surface area contributed by atoms with E-state index in [2.05, 4.69) is 30.2 Å². The first-order valence-electron chi connectivity index (χ1n) is 6.86. The smallest absolute Gasteiger partial charge is 0.276 e. The van der Waals surface area contributed by atoms with E-state index >= 15 is 0 Å². The van der Waals surface area contributed by atoms with Crippen molar-refractivity contribution in [3.05, 3.63) is 61.2 Å². The summed E-state index contributed by atoms with van der Waals surface area (Å²) in [6, 6.07) is 5.21. The molecule has 2 N–H and O–H groups in total. The van der Waals surface area contributed by atoms with Gasteiger partial charge in [-0.3, -0.25) is 14.3 Å². The maximum absolute atomic E-state index is 12.6. The van der Waals surface area contributed by atoms with Crippen molar-refractivity contribution in [2.45, 2.75) is 0 Å². The number of H-pyrrole nitrogens is 1. The fraction of sp³-hybridized carbons (Fsp3) is 0. The third-order valence-electron chi connectivity index (χ3n) is 3.28. The van der Waals surface area contributed by atoms with Crippen molar-refractivity contribution in [1.82, 2.24) is 29.5 Å². The first-order valence-corrected chi connectivity index (χ1v) is 6.86. The van der Waals surface area contributed by atoms with Crippen LogP contribution in [0.2, 0.25) is 0 Å². The molecule has 0 spiro atoms. The number of carbonyl (C=O) groups excluding carboxylic acids is 1. The maximum Gasteiger partial charge on any atom is 0.276 e. The van der Waals surface area contributed by atoms with Gasteiger partial charge in [-0.05, 0) is 18.2 Å². The summed E-state index contributed by atoms with van der Waals surface area (Å²) >= 11 is 0. The van der Waals surface area contributed by atoms with E-state index in [9.17, 15) is 4.79 Å². The van der Waals surface area contributed by atoms with Gasteiger partial charge in [0, 0.05) is 36.7 Å². The van der Waals surface area contributed by atoms with Crippen molar-refractivity contribution in [2.75, 3.05) is 5.32 Å². The van der Waals surface area contributed by atoms with Gasteiger partial charge in [0.15, 0.2) is 5.69 Å². The lowest BCUT2D eigenvalue weighted by atomic mass is 10.3. The van der Waals surface area contributed by atoms with Gasteiger partial charge in [0.2, 0.25) is 5.95 Å². The van der Waals surface area contributed by atoms with Gasteiger partial charge in [0.25, 0.3) is 5.91 Å². The molecule has 112 valence electrons. The van der Waals surface area contributed by atoms with Gasteiger partial charge in [-0.15, -0.1) is 0 Å². The highest BCUT2D eigenvalue weighted by Crippen LogP contribution is 2.17. The SMILES string of the molecule is O=C(Nc1ccncc1)c1nc(-n2ccnc2)nc2cc[nH]c12. The molecule has 8 nitrogen and oxygen atoms in total. The average molecular weight is 305 g/mol. The number of amides is 1. The van der Waals surface area contributed by atoms with Crippen LogP contribution in [-0.2, 0) is 0 Å². The van der Waals surface area contributed by atoms with Crippen LogP contribution in [0.5, 0.6) is 0 Å². The number of pyridine rings is 1. The number of nitrogens with zero attached hydrogens (tertiary/aromatic N) is 5. The summed E-state index contributed by atoms with van der Waals surface area (Å²) < 4.78 is 1.65. The lowest BCUT2D eigenvalue weighted by molar-refractivity contribution is 0.102. The topological polar surface area (TPSA) is 101 Å². The summed E-state index contributed by atoms with van der Waals surface area (Å²) in [4.78, 5) is 32.3. The van der Waals surface area contributed by atoms with E-state index in [1.807, 2.05) is 0 Å². The van der Waals surface area contributed by atoms with Crippen LogP contribution in [0, 0.1) is 0 Å². The first kappa shape index (κ1) is 13.1. The molecule has 4 aromatic heterocycles. The molecule has 1 amide bonds. The number of hydrogen-bond donors (Lipinski definition) is 2. The van der Waals surface area contributed by atoms with E-state index in [-0.39, 0.29) is 11.6 Å². The van der Waals surface area contributed by atoms with Gasteiger partial charge in [-0.2, -0.15) is 0 Å². The molecule has 8 heteroatoms. The Balaban J connectivity index is 1.79. The highest BCUT2D eigenvalue weighted by molar-refractivity contribution is 6.10. The zero-order chi connectivity index (χ0) is 15.6. The summed E-state index contributed by atoms with van der Waals surface area (Å²) in [7, 11) is 0. The minimum atomic E-state index is -0.326. The standard InChI is InChI=1S/C15H11N7O/c23-14(19-10-1-4-16-5-2-10)13-12-11(3-6-18-12)20-15(21-13)22-8-7-17-9-22/h1-9,18H,(H,16,19,23). The van der Waals surface area contributed by atoms with E-state index in [1.54, 1.807) is 60.1 Å². The quantitative estimate of drug-likeness (QED) is 0.601. The predicted octanol–water partition coefficient (Wildman–Crippen LogP) is 1.79. The number of fused-ring (bicyclic) bond motifs is 1. The average Bonchev–Trinajstić information content (AvgIpc) is 3.26. The number of carbonyl (C=O) groups is 1. The van der Waals surface area contributed by atoms with Gasteiger partial charge in [-0.1, -0.05) is 0 Å². The number of anilines is 1. The molecule has 4 heterocycles. The summed E-state index contributed by atoms with van der Waals surface area (Å²) in [5.41, 5.74) is 2.15.